The van der Waals surface area contributed by atoms with E-state index < -0.39 is 0 Å². The Morgan fingerprint density at radius 3 is 2.53 bits per heavy atom. The van der Waals surface area contributed by atoms with Gasteiger partial charge in [0.15, 0.2) is 0 Å². The Labute approximate surface area is 112 Å². The van der Waals surface area contributed by atoms with E-state index in [0.717, 1.165) is 23.8 Å². The molecule has 2 aliphatic rings. The van der Waals surface area contributed by atoms with Crippen molar-refractivity contribution in [3.05, 3.63) is 47.5 Å². The summed E-state index contributed by atoms with van der Waals surface area (Å²) in [6.07, 6.45) is 3.46. The van der Waals surface area contributed by atoms with Gasteiger partial charge in [0.1, 0.15) is 5.60 Å². The molecule has 2 unspecified atom stereocenters. The highest BCUT2D eigenvalue weighted by molar-refractivity contribution is 5.91. The van der Waals surface area contributed by atoms with Crippen molar-refractivity contribution < 1.29 is 4.74 Å². The van der Waals surface area contributed by atoms with Crippen LogP contribution in [-0.2, 0) is 10.3 Å². The molecule has 2 aromatic rings. The van der Waals surface area contributed by atoms with Gasteiger partial charge < -0.3 is 4.74 Å². The zero-order valence-corrected chi connectivity index (χ0v) is 10.9. The lowest BCUT2D eigenvalue weighted by molar-refractivity contribution is 0.224. The average Bonchev–Trinajstić information content (AvgIpc) is 2.90. The summed E-state index contributed by atoms with van der Waals surface area (Å²) < 4.78 is 6.11. The van der Waals surface area contributed by atoms with Gasteiger partial charge >= 0.3 is 0 Å². The molecule has 0 bridgehead atoms. The monoisotopic (exact) mass is 249 g/mol. The molecule has 0 aromatic heterocycles. The summed E-state index contributed by atoms with van der Waals surface area (Å²) in [5.41, 5.74) is 1.93. The Morgan fingerprint density at radius 1 is 1.11 bits per heavy atom. The first kappa shape index (κ1) is 11.0. The molecule has 0 N–H and O–H groups in total. The van der Waals surface area contributed by atoms with Crippen molar-refractivity contribution in [2.75, 3.05) is 0 Å². The Morgan fingerprint density at radius 2 is 1.89 bits per heavy atom. The molecule has 0 amide bonds. The third kappa shape index (κ3) is 1.24. The summed E-state index contributed by atoms with van der Waals surface area (Å²) in [5.74, 6) is 0. The molecule has 2 aromatic carbocycles. The maximum Gasteiger partial charge on any atom is 0.123 e. The fourth-order valence-electron chi connectivity index (χ4n) is 3.83. The molecule has 1 heterocycles. The number of ether oxygens (including phenoxy) is 1. The lowest BCUT2D eigenvalue weighted by Crippen LogP contribution is -2.14. The first-order valence-corrected chi connectivity index (χ1v) is 6.83. The fraction of sp³-hybridized carbons (Fsp3) is 0.353. The molecule has 0 radical (unpaired) electrons. The van der Waals surface area contributed by atoms with Crippen molar-refractivity contribution in [3.63, 3.8) is 0 Å². The Bertz CT molecular complexity index is 726. The standard InChI is InChI=1S/C17H15NO/c1-16-9-4-10-17(16,19-16)15-8-7-12(11-18)13-5-2-3-6-14(13)15/h2-3,5-8H,4,9-10H2,1H3. The SMILES string of the molecule is CC12CCCC1(c1ccc(C#N)c3ccccc13)O2. The molecule has 4 rings (SSSR count). The number of epoxide rings is 1. The Balaban J connectivity index is 2.01. The maximum absolute atomic E-state index is 9.24. The van der Waals surface area contributed by atoms with Crippen molar-refractivity contribution in [3.8, 4) is 6.07 Å². The fourth-order valence-corrected chi connectivity index (χ4v) is 3.83. The van der Waals surface area contributed by atoms with Gasteiger partial charge in [0.05, 0.1) is 17.2 Å². The molecule has 0 spiro atoms. The molecule has 1 aliphatic heterocycles. The van der Waals surface area contributed by atoms with Crippen LogP contribution in [0.25, 0.3) is 10.8 Å². The number of nitriles is 1. The topological polar surface area (TPSA) is 36.3 Å². The van der Waals surface area contributed by atoms with Gasteiger partial charge in [-0.3, -0.25) is 0 Å². The molecular formula is C17H15NO. The minimum atomic E-state index is -0.0966. The Hall–Kier alpha value is -1.85. The lowest BCUT2D eigenvalue weighted by Gasteiger charge is -2.14. The van der Waals surface area contributed by atoms with Gasteiger partial charge in [-0.1, -0.05) is 30.3 Å². The maximum atomic E-state index is 9.24. The first-order chi connectivity index (χ1) is 9.20. The highest BCUT2D eigenvalue weighted by atomic mass is 16.6. The molecule has 2 atom stereocenters. The van der Waals surface area contributed by atoms with Gasteiger partial charge in [-0.05, 0) is 48.6 Å². The van der Waals surface area contributed by atoms with Gasteiger partial charge in [-0.2, -0.15) is 5.26 Å². The summed E-state index contributed by atoms with van der Waals surface area (Å²) in [5, 5.41) is 11.5. The normalized spacial score (nSPS) is 32.0. The minimum absolute atomic E-state index is 0.0178. The van der Waals surface area contributed by atoms with E-state index in [1.54, 1.807) is 0 Å². The molecule has 94 valence electrons. The number of nitrogens with zero attached hydrogens (tertiary/aromatic N) is 1. The predicted octanol–water partition coefficient (Wildman–Crippen LogP) is 3.88. The van der Waals surface area contributed by atoms with E-state index in [9.17, 15) is 5.26 Å². The van der Waals surface area contributed by atoms with Crippen LogP contribution in [0.1, 0.15) is 37.3 Å². The second-order valence-corrected chi connectivity index (χ2v) is 5.83. The molecule has 2 heteroatoms. The Kier molecular flexibility index (Phi) is 1.96. The number of rotatable bonds is 1. The van der Waals surface area contributed by atoms with Crippen LogP contribution >= 0.6 is 0 Å². The summed E-state index contributed by atoms with van der Waals surface area (Å²) in [4.78, 5) is 0. The van der Waals surface area contributed by atoms with Gasteiger partial charge in [0.25, 0.3) is 0 Å². The molecule has 19 heavy (non-hydrogen) atoms. The van der Waals surface area contributed by atoms with E-state index in [2.05, 4.69) is 25.1 Å². The molecule has 1 saturated carbocycles. The lowest BCUT2D eigenvalue weighted by atomic mass is 9.85. The summed E-state index contributed by atoms with van der Waals surface area (Å²) >= 11 is 0. The molecular weight excluding hydrogens is 234 g/mol. The summed E-state index contributed by atoms with van der Waals surface area (Å²) in [6.45, 7) is 2.22. The third-order valence-electron chi connectivity index (χ3n) is 4.87. The summed E-state index contributed by atoms with van der Waals surface area (Å²) in [6, 6.07) is 14.5. The van der Waals surface area contributed by atoms with E-state index in [-0.39, 0.29) is 11.2 Å². The number of hydrogen-bond acceptors (Lipinski definition) is 2. The van der Waals surface area contributed by atoms with Crippen molar-refractivity contribution in [1.29, 1.82) is 5.26 Å². The second-order valence-electron chi connectivity index (χ2n) is 5.83. The number of fused-ring (bicyclic) bond motifs is 2. The molecule has 1 saturated heterocycles. The van der Waals surface area contributed by atoms with Crippen LogP contribution in [-0.4, -0.2) is 5.60 Å². The largest absolute Gasteiger partial charge is 0.358 e. The van der Waals surface area contributed by atoms with Crippen LogP contribution in [0.4, 0.5) is 0 Å². The highest BCUT2D eigenvalue weighted by Crippen LogP contribution is 2.66. The number of hydrogen-bond donors (Lipinski definition) is 0. The minimum Gasteiger partial charge on any atom is -0.358 e. The molecule has 2 nitrogen and oxygen atoms in total. The van der Waals surface area contributed by atoms with E-state index in [0.29, 0.717) is 0 Å². The average molecular weight is 249 g/mol. The van der Waals surface area contributed by atoms with Crippen LogP contribution in [0.5, 0.6) is 0 Å². The van der Waals surface area contributed by atoms with Gasteiger partial charge in [0, 0.05) is 0 Å². The van der Waals surface area contributed by atoms with Crippen molar-refractivity contribution >= 4 is 10.8 Å². The molecule has 1 aliphatic carbocycles. The van der Waals surface area contributed by atoms with Crippen molar-refractivity contribution in [1.82, 2.24) is 0 Å². The smallest absolute Gasteiger partial charge is 0.123 e. The van der Waals surface area contributed by atoms with Crippen LogP contribution in [0, 0.1) is 11.3 Å². The van der Waals surface area contributed by atoms with Gasteiger partial charge in [-0.15, -0.1) is 0 Å². The van der Waals surface area contributed by atoms with Crippen molar-refractivity contribution in [2.45, 2.75) is 37.4 Å². The van der Waals surface area contributed by atoms with Crippen LogP contribution in [0.15, 0.2) is 36.4 Å². The van der Waals surface area contributed by atoms with Crippen molar-refractivity contribution in [2.24, 2.45) is 0 Å². The quantitative estimate of drug-likeness (QED) is 0.719. The zero-order valence-electron chi connectivity index (χ0n) is 10.9. The highest BCUT2D eigenvalue weighted by Gasteiger charge is 2.70. The number of benzene rings is 2. The van der Waals surface area contributed by atoms with Gasteiger partial charge in [0.2, 0.25) is 0 Å². The zero-order chi connectivity index (χ0) is 13.1. The van der Waals surface area contributed by atoms with Crippen LogP contribution < -0.4 is 0 Å². The predicted molar refractivity (Wildman–Crippen MR) is 73.7 cm³/mol. The van der Waals surface area contributed by atoms with E-state index in [1.807, 2.05) is 24.3 Å². The van der Waals surface area contributed by atoms with Crippen LogP contribution in [0.2, 0.25) is 0 Å². The van der Waals surface area contributed by atoms with E-state index >= 15 is 0 Å². The second kappa shape index (κ2) is 3.37. The van der Waals surface area contributed by atoms with E-state index in [1.165, 1.54) is 17.4 Å². The summed E-state index contributed by atoms with van der Waals surface area (Å²) in [7, 11) is 0. The first-order valence-electron chi connectivity index (χ1n) is 6.83. The van der Waals surface area contributed by atoms with Crippen LogP contribution in [0.3, 0.4) is 0 Å². The third-order valence-corrected chi connectivity index (χ3v) is 4.87. The molecule has 2 fully saturated rings. The van der Waals surface area contributed by atoms with Gasteiger partial charge in [-0.25, -0.2) is 0 Å². The van der Waals surface area contributed by atoms with E-state index in [4.69, 9.17) is 4.74 Å².